The number of carboxylic acid groups (broad SMARTS) is 1. The van der Waals surface area contributed by atoms with Gasteiger partial charge < -0.3 is 10.0 Å². The zero-order chi connectivity index (χ0) is 18.2. The van der Waals surface area contributed by atoms with Crippen LogP contribution >= 0.6 is 23.2 Å². The number of carboxylic acids is 1. The smallest absolute Gasteiger partial charge is 0.329 e. The molecular formula is C16H17Cl2N3O3. The van der Waals surface area contributed by atoms with Crippen LogP contribution in [0.1, 0.15) is 30.0 Å². The highest BCUT2D eigenvalue weighted by molar-refractivity contribution is 6.42. The Balaban J connectivity index is 2.39. The summed E-state index contributed by atoms with van der Waals surface area (Å²) in [5.74, 6) is -1.58. The Kier molecular flexibility index (Phi) is 4.92. The molecule has 0 bridgehead atoms. The number of benzene rings is 1. The molecule has 1 N–H and O–H groups in total. The molecule has 1 aromatic heterocycles. The zero-order valence-electron chi connectivity index (χ0n) is 13.7. The van der Waals surface area contributed by atoms with Crippen LogP contribution in [0, 0.1) is 6.92 Å². The summed E-state index contributed by atoms with van der Waals surface area (Å²) in [6.07, 6.45) is 0. The first-order valence-electron chi connectivity index (χ1n) is 7.09. The molecule has 0 aliphatic carbocycles. The summed E-state index contributed by atoms with van der Waals surface area (Å²) in [6, 6.07) is 6.61. The van der Waals surface area contributed by atoms with E-state index >= 15 is 0 Å². The van der Waals surface area contributed by atoms with Crippen molar-refractivity contribution in [2.24, 2.45) is 0 Å². The van der Waals surface area contributed by atoms with Crippen LogP contribution in [0.15, 0.2) is 24.3 Å². The van der Waals surface area contributed by atoms with E-state index in [4.69, 9.17) is 23.2 Å². The molecule has 1 aromatic carbocycles. The van der Waals surface area contributed by atoms with Crippen LogP contribution in [0.3, 0.4) is 0 Å². The van der Waals surface area contributed by atoms with Crippen molar-refractivity contribution in [2.45, 2.75) is 26.3 Å². The number of nitrogens with zero attached hydrogens (tertiary/aromatic N) is 3. The lowest BCUT2D eigenvalue weighted by atomic mass is 10.0. The van der Waals surface area contributed by atoms with E-state index in [0.29, 0.717) is 21.4 Å². The van der Waals surface area contributed by atoms with E-state index in [2.05, 4.69) is 5.10 Å². The van der Waals surface area contributed by atoms with E-state index < -0.39 is 17.4 Å². The summed E-state index contributed by atoms with van der Waals surface area (Å²) in [7, 11) is 1.43. The molecular weight excluding hydrogens is 353 g/mol. The Hall–Kier alpha value is -2.05. The molecule has 2 aromatic rings. The van der Waals surface area contributed by atoms with Gasteiger partial charge in [0, 0.05) is 12.7 Å². The van der Waals surface area contributed by atoms with Crippen LogP contribution in [-0.2, 0) is 4.79 Å². The number of aryl methyl sites for hydroxylation is 1. The molecule has 24 heavy (non-hydrogen) atoms. The van der Waals surface area contributed by atoms with Gasteiger partial charge in [-0.15, -0.1) is 0 Å². The van der Waals surface area contributed by atoms with Gasteiger partial charge in [-0.05, 0) is 45.0 Å². The maximum atomic E-state index is 12.6. The lowest BCUT2D eigenvalue weighted by molar-refractivity contribution is -0.147. The molecule has 0 aliphatic rings. The highest BCUT2D eigenvalue weighted by Gasteiger charge is 2.36. The highest BCUT2D eigenvalue weighted by atomic mass is 35.5. The summed E-state index contributed by atoms with van der Waals surface area (Å²) in [5, 5.41) is 14.3. The third kappa shape index (κ3) is 3.25. The third-order valence-corrected chi connectivity index (χ3v) is 4.66. The molecule has 0 atom stereocenters. The summed E-state index contributed by atoms with van der Waals surface area (Å²) < 4.78 is 1.55. The molecule has 1 amide bonds. The van der Waals surface area contributed by atoms with Crippen LogP contribution < -0.4 is 0 Å². The van der Waals surface area contributed by atoms with Gasteiger partial charge in [-0.2, -0.15) is 5.10 Å². The standard InChI is InChI=1S/C16H17Cl2N3O3/c1-9-7-13(14(22)20(4)16(2,3)15(23)24)19-21(9)10-5-6-11(17)12(18)8-10/h5-8H,1-4H3,(H,23,24). The van der Waals surface area contributed by atoms with Gasteiger partial charge in [-0.3, -0.25) is 4.79 Å². The molecule has 0 saturated heterocycles. The van der Waals surface area contributed by atoms with Crippen LogP contribution in [-0.4, -0.2) is 44.3 Å². The molecule has 0 unspecified atom stereocenters. The Morgan fingerprint density at radius 1 is 1.21 bits per heavy atom. The minimum absolute atomic E-state index is 0.149. The molecule has 1 heterocycles. The van der Waals surface area contributed by atoms with E-state index in [0.717, 1.165) is 4.90 Å². The first kappa shape index (κ1) is 18.3. The van der Waals surface area contributed by atoms with Gasteiger partial charge >= 0.3 is 5.97 Å². The zero-order valence-corrected chi connectivity index (χ0v) is 15.2. The summed E-state index contributed by atoms with van der Waals surface area (Å²) in [5.41, 5.74) is 0.160. The number of aromatic nitrogens is 2. The van der Waals surface area contributed by atoms with Gasteiger partial charge in [0.2, 0.25) is 0 Å². The van der Waals surface area contributed by atoms with Gasteiger partial charge in [0.05, 0.1) is 15.7 Å². The maximum absolute atomic E-state index is 12.6. The average molecular weight is 370 g/mol. The molecule has 8 heteroatoms. The van der Waals surface area contributed by atoms with Gasteiger partial charge in [0.1, 0.15) is 5.54 Å². The maximum Gasteiger partial charge on any atom is 0.329 e. The lowest BCUT2D eigenvalue weighted by Crippen LogP contribution is -2.50. The van der Waals surface area contributed by atoms with Crippen molar-refractivity contribution in [3.63, 3.8) is 0 Å². The Labute approximate surface area is 149 Å². The quantitative estimate of drug-likeness (QED) is 0.895. The van der Waals surface area contributed by atoms with Crippen molar-refractivity contribution in [3.05, 3.63) is 45.7 Å². The van der Waals surface area contributed by atoms with E-state index in [-0.39, 0.29) is 5.69 Å². The van der Waals surface area contributed by atoms with E-state index in [9.17, 15) is 14.7 Å². The van der Waals surface area contributed by atoms with E-state index in [1.54, 1.807) is 35.9 Å². The molecule has 0 radical (unpaired) electrons. The van der Waals surface area contributed by atoms with Gasteiger partial charge in [-0.1, -0.05) is 23.2 Å². The van der Waals surface area contributed by atoms with Crippen molar-refractivity contribution >= 4 is 35.1 Å². The van der Waals surface area contributed by atoms with E-state index in [1.807, 2.05) is 0 Å². The fourth-order valence-electron chi connectivity index (χ4n) is 2.03. The fourth-order valence-corrected chi connectivity index (χ4v) is 2.32. The Morgan fingerprint density at radius 2 is 1.83 bits per heavy atom. The number of amides is 1. The number of rotatable bonds is 4. The predicted octanol–water partition coefficient (Wildman–Crippen LogP) is 3.42. The molecule has 128 valence electrons. The van der Waals surface area contributed by atoms with Gasteiger partial charge in [0.15, 0.2) is 5.69 Å². The number of hydrogen-bond donors (Lipinski definition) is 1. The minimum atomic E-state index is -1.35. The van der Waals surface area contributed by atoms with E-state index in [1.165, 1.54) is 20.9 Å². The van der Waals surface area contributed by atoms with Crippen molar-refractivity contribution in [1.82, 2.24) is 14.7 Å². The molecule has 0 saturated carbocycles. The molecule has 6 nitrogen and oxygen atoms in total. The second kappa shape index (κ2) is 6.45. The molecule has 2 rings (SSSR count). The third-order valence-electron chi connectivity index (χ3n) is 3.92. The van der Waals surface area contributed by atoms with Crippen LogP contribution in [0.4, 0.5) is 0 Å². The normalized spacial score (nSPS) is 11.4. The average Bonchev–Trinajstić information content (AvgIpc) is 2.90. The Bertz CT molecular complexity index is 815. The topological polar surface area (TPSA) is 75.4 Å². The summed E-state index contributed by atoms with van der Waals surface area (Å²) in [4.78, 5) is 25.0. The van der Waals surface area contributed by atoms with Crippen LogP contribution in [0.25, 0.3) is 5.69 Å². The molecule has 0 fully saturated rings. The molecule has 0 aliphatic heterocycles. The second-order valence-electron chi connectivity index (χ2n) is 5.91. The van der Waals surface area contributed by atoms with Gasteiger partial charge in [0.25, 0.3) is 5.91 Å². The minimum Gasteiger partial charge on any atom is -0.480 e. The van der Waals surface area contributed by atoms with Crippen molar-refractivity contribution in [3.8, 4) is 5.69 Å². The molecule has 0 spiro atoms. The van der Waals surface area contributed by atoms with Crippen LogP contribution in [0.2, 0.25) is 10.0 Å². The lowest BCUT2D eigenvalue weighted by Gasteiger charge is -2.30. The second-order valence-corrected chi connectivity index (χ2v) is 6.72. The predicted molar refractivity (Wildman–Crippen MR) is 92.1 cm³/mol. The number of halogens is 2. The first-order chi connectivity index (χ1) is 11.1. The van der Waals surface area contributed by atoms with Crippen molar-refractivity contribution < 1.29 is 14.7 Å². The first-order valence-corrected chi connectivity index (χ1v) is 7.85. The number of aliphatic carboxylic acids is 1. The fraction of sp³-hybridized carbons (Fsp3) is 0.312. The number of hydrogen-bond acceptors (Lipinski definition) is 3. The SMILES string of the molecule is Cc1cc(C(=O)N(C)C(C)(C)C(=O)O)nn1-c1ccc(Cl)c(Cl)c1. The summed E-state index contributed by atoms with van der Waals surface area (Å²) in [6.45, 7) is 4.70. The summed E-state index contributed by atoms with van der Waals surface area (Å²) >= 11 is 11.9. The number of carbonyl (C=O) groups excluding carboxylic acids is 1. The van der Waals surface area contributed by atoms with Gasteiger partial charge in [-0.25, -0.2) is 9.48 Å². The van der Waals surface area contributed by atoms with Crippen molar-refractivity contribution in [1.29, 1.82) is 0 Å². The van der Waals surface area contributed by atoms with Crippen molar-refractivity contribution in [2.75, 3.05) is 7.05 Å². The van der Waals surface area contributed by atoms with Crippen LogP contribution in [0.5, 0.6) is 0 Å². The Morgan fingerprint density at radius 3 is 2.38 bits per heavy atom. The largest absolute Gasteiger partial charge is 0.480 e. The monoisotopic (exact) mass is 369 g/mol. The number of carbonyl (C=O) groups is 2. The number of likely N-dealkylation sites (N-methyl/N-ethyl adjacent to an activating group) is 1. The highest BCUT2D eigenvalue weighted by Crippen LogP contribution is 2.25.